The first-order chi connectivity index (χ1) is 22.3. The van der Waals surface area contributed by atoms with Crippen LogP contribution < -0.4 is 9.80 Å². The lowest BCUT2D eigenvalue weighted by Crippen LogP contribution is -2.23. The normalized spacial score (nSPS) is 13.3. The summed E-state index contributed by atoms with van der Waals surface area (Å²) in [6.45, 7) is 13.3. The number of nitrogens with zero attached hydrogens (tertiary/aromatic N) is 2. The van der Waals surface area contributed by atoms with Crippen molar-refractivity contribution in [3.8, 4) is 0 Å². The molecule has 0 N–H and O–H groups in total. The number of para-hydroxylation sites is 4. The van der Waals surface area contributed by atoms with Gasteiger partial charge in [-0.1, -0.05) is 108 Å². The molecule has 46 heavy (non-hydrogen) atoms. The summed E-state index contributed by atoms with van der Waals surface area (Å²) in [6, 6.07) is 45.1. The van der Waals surface area contributed by atoms with Crippen LogP contribution in [0.15, 0.2) is 121 Å². The second-order valence-corrected chi connectivity index (χ2v) is 13.0. The first-order valence-corrected chi connectivity index (χ1v) is 16.2. The Morgan fingerprint density at radius 1 is 0.326 bits per heavy atom. The van der Waals surface area contributed by atoms with Crippen molar-refractivity contribution < 1.29 is 0 Å². The number of hydrogen-bond acceptors (Lipinski definition) is 2. The molecule has 0 unspecified atom stereocenters. The van der Waals surface area contributed by atoms with E-state index in [-0.39, 0.29) is 0 Å². The van der Waals surface area contributed by atoms with E-state index in [0.717, 1.165) is 0 Å². The Morgan fingerprint density at radius 2 is 0.565 bits per heavy atom. The van der Waals surface area contributed by atoms with Crippen LogP contribution in [-0.4, -0.2) is 0 Å². The molecule has 2 aliphatic rings. The minimum Gasteiger partial charge on any atom is -0.309 e. The molecule has 224 valence electrons. The van der Waals surface area contributed by atoms with E-state index in [9.17, 15) is 0 Å². The Kier molecular flexibility index (Phi) is 6.51. The van der Waals surface area contributed by atoms with Gasteiger partial charge >= 0.3 is 0 Å². The van der Waals surface area contributed by atoms with Gasteiger partial charge in [0.05, 0.1) is 34.1 Å². The molecule has 2 heteroatoms. The topological polar surface area (TPSA) is 6.48 Å². The summed E-state index contributed by atoms with van der Waals surface area (Å²) in [5.74, 6) is 0. The molecule has 0 aliphatic carbocycles. The minimum absolute atomic E-state index is 1.21. The van der Waals surface area contributed by atoms with Crippen molar-refractivity contribution >= 4 is 45.3 Å². The lowest BCUT2D eigenvalue weighted by molar-refractivity contribution is 1.17. The molecule has 2 aliphatic heterocycles. The third kappa shape index (κ3) is 4.17. The van der Waals surface area contributed by atoms with Gasteiger partial charge in [0.2, 0.25) is 0 Å². The van der Waals surface area contributed by atoms with Crippen LogP contribution >= 0.6 is 0 Å². The monoisotopic (exact) mass is 594 g/mol. The molecular formula is C44H38N2. The minimum atomic E-state index is 1.21. The average molecular weight is 595 g/mol. The largest absolute Gasteiger partial charge is 0.309 e. The van der Waals surface area contributed by atoms with Crippen molar-refractivity contribution in [1.82, 2.24) is 0 Å². The molecule has 0 atom stereocenters. The van der Waals surface area contributed by atoms with Crippen LogP contribution in [0.5, 0.6) is 0 Å². The van der Waals surface area contributed by atoms with Crippen molar-refractivity contribution in [2.45, 2.75) is 41.5 Å². The first-order valence-electron chi connectivity index (χ1n) is 16.2. The number of fused-ring (bicyclic) bond motifs is 4. The van der Waals surface area contributed by atoms with E-state index < -0.39 is 0 Å². The standard InChI is InChI=1S/C44H38N2/c1-27-23-29(3)43(30(4)24-27)45-37-19-11-7-15-33(37)41(34-16-8-12-20-38(34)45)42-35-17-9-13-21-39(35)46(40-22-14-10-18-36(40)42)44-31(5)25-28(2)26-32(44)6/h7-26H,1-6H3. The zero-order valence-corrected chi connectivity index (χ0v) is 27.4. The van der Waals surface area contributed by atoms with Crippen LogP contribution in [0, 0.1) is 41.5 Å². The molecule has 0 fully saturated rings. The van der Waals surface area contributed by atoms with Crippen molar-refractivity contribution in [2.24, 2.45) is 0 Å². The molecular weight excluding hydrogens is 556 g/mol. The zero-order valence-electron chi connectivity index (χ0n) is 27.4. The highest BCUT2D eigenvalue weighted by molar-refractivity contribution is 6.17. The van der Waals surface area contributed by atoms with Crippen molar-refractivity contribution in [2.75, 3.05) is 9.80 Å². The van der Waals surface area contributed by atoms with Gasteiger partial charge in [0.15, 0.2) is 0 Å². The van der Waals surface area contributed by atoms with E-state index in [2.05, 4.69) is 173 Å². The number of benzene rings is 6. The van der Waals surface area contributed by atoms with Gasteiger partial charge < -0.3 is 9.80 Å². The Hall–Kier alpha value is -5.34. The van der Waals surface area contributed by atoms with Crippen LogP contribution in [0.25, 0.3) is 11.1 Å². The average Bonchev–Trinajstić information content (AvgIpc) is 3.04. The van der Waals surface area contributed by atoms with Crippen molar-refractivity contribution in [3.05, 3.63) is 177 Å². The Balaban J connectivity index is 1.48. The van der Waals surface area contributed by atoms with Gasteiger partial charge in [-0.3, -0.25) is 0 Å². The fraction of sp³-hybridized carbons (Fsp3) is 0.136. The lowest BCUT2D eigenvalue weighted by atomic mass is 9.79. The first kappa shape index (κ1) is 28.2. The van der Waals surface area contributed by atoms with Crippen LogP contribution in [0.3, 0.4) is 0 Å². The highest BCUT2D eigenvalue weighted by Gasteiger charge is 2.35. The molecule has 0 radical (unpaired) electrons. The lowest BCUT2D eigenvalue weighted by Gasteiger charge is -2.40. The summed E-state index contributed by atoms with van der Waals surface area (Å²) in [7, 11) is 0. The van der Waals surface area contributed by atoms with Crippen molar-refractivity contribution in [3.63, 3.8) is 0 Å². The number of anilines is 6. The van der Waals surface area contributed by atoms with Crippen LogP contribution in [-0.2, 0) is 0 Å². The quantitative estimate of drug-likeness (QED) is 0.196. The van der Waals surface area contributed by atoms with E-state index in [1.54, 1.807) is 0 Å². The Morgan fingerprint density at radius 3 is 0.826 bits per heavy atom. The summed E-state index contributed by atoms with van der Waals surface area (Å²) in [5, 5.41) is 0. The van der Waals surface area contributed by atoms with E-state index in [1.807, 2.05) is 0 Å². The zero-order chi connectivity index (χ0) is 31.7. The highest BCUT2D eigenvalue weighted by atomic mass is 15.2. The maximum atomic E-state index is 2.49. The van der Waals surface area contributed by atoms with E-state index >= 15 is 0 Å². The molecule has 0 aromatic heterocycles. The molecule has 0 spiro atoms. The maximum Gasteiger partial charge on any atom is 0.0540 e. The summed E-state index contributed by atoms with van der Waals surface area (Å²) in [6.07, 6.45) is 0. The highest BCUT2D eigenvalue weighted by Crippen LogP contribution is 2.57. The maximum absolute atomic E-state index is 2.49. The van der Waals surface area contributed by atoms with Gasteiger partial charge in [-0.2, -0.15) is 0 Å². The molecule has 0 bridgehead atoms. The SMILES string of the molecule is Cc1cc(C)c(N2c3ccccc3C(=C3c4ccccc4N(c4c(C)cc(C)cc4C)c4ccccc43)c3ccccc32)c(C)c1. The Labute approximate surface area is 272 Å². The number of hydrogen-bond donors (Lipinski definition) is 0. The predicted molar refractivity (Wildman–Crippen MR) is 196 cm³/mol. The fourth-order valence-electron chi connectivity index (χ4n) is 8.14. The van der Waals surface area contributed by atoms with E-state index in [1.165, 1.54) is 101 Å². The third-order valence-corrected chi connectivity index (χ3v) is 9.63. The smallest absolute Gasteiger partial charge is 0.0540 e. The number of rotatable bonds is 2. The summed E-state index contributed by atoms with van der Waals surface area (Å²) in [4.78, 5) is 4.98. The van der Waals surface area contributed by atoms with E-state index in [4.69, 9.17) is 0 Å². The summed E-state index contributed by atoms with van der Waals surface area (Å²) in [5.41, 5.74) is 22.6. The van der Waals surface area contributed by atoms with Gasteiger partial charge in [-0.05, 0) is 88.1 Å². The molecule has 6 aromatic rings. The van der Waals surface area contributed by atoms with Crippen LogP contribution in [0.1, 0.15) is 55.6 Å². The summed E-state index contributed by atoms with van der Waals surface area (Å²) >= 11 is 0. The number of aryl methyl sites for hydroxylation is 6. The fourth-order valence-corrected chi connectivity index (χ4v) is 8.14. The molecule has 2 nitrogen and oxygen atoms in total. The second-order valence-electron chi connectivity index (χ2n) is 13.0. The molecule has 6 aromatic carbocycles. The van der Waals surface area contributed by atoms with Crippen LogP contribution in [0.2, 0.25) is 0 Å². The van der Waals surface area contributed by atoms with Gasteiger partial charge in [0.1, 0.15) is 0 Å². The molecule has 0 saturated carbocycles. The molecule has 8 rings (SSSR count). The predicted octanol–water partition coefficient (Wildman–Crippen LogP) is 12.1. The van der Waals surface area contributed by atoms with Gasteiger partial charge in [0.25, 0.3) is 0 Å². The second kappa shape index (κ2) is 10.6. The van der Waals surface area contributed by atoms with E-state index in [0.29, 0.717) is 0 Å². The molecule has 0 saturated heterocycles. The molecule has 2 heterocycles. The van der Waals surface area contributed by atoms with Gasteiger partial charge in [0, 0.05) is 33.4 Å². The summed E-state index contributed by atoms with van der Waals surface area (Å²) < 4.78 is 0. The van der Waals surface area contributed by atoms with Gasteiger partial charge in [-0.25, -0.2) is 0 Å². The third-order valence-electron chi connectivity index (χ3n) is 9.63. The van der Waals surface area contributed by atoms with Crippen molar-refractivity contribution in [1.29, 1.82) is 0 Å². The molecule has 0 amide bonds. The van der Waals surface area contributed by atoms with Gasteiger partial charge in [-0.15, -0.1) is 0 Å². The van der Waals surface area contributed by atoms with Crippen LogP contribution in [0.4, 0.5) is 34.1 Å². The Bertz CT molecular complexity index is 1930.